The lowest BCUT2D eigenvalue weighted by Crippen LogP contribution is -2.46. The second-order valence-electron chi connectivity index (χ2n) is 9.35. The molecule has 0 N–H and O–H groups in total. The van der Waals surface area contributed by atoms with E-state index in [1.165, 1.54) is 0 Å². The monoisotopic (exact) mass is 475 g/mol. The van der Waals surface area contributed by atoms with Gasteiger partial charge in [-0.25, -0.2) is 4.98 Å². The second kappa shape index (κ2) is 9.48. The zero-order valence-corrected chi connectivity index (χ0v) is 20.3. The smallest absolute Gasteiger partial charge is 0.227 e. The Bertz CT molecular complexity index is 1250. The highest BCUT2D eigenvalue weighted by atomic mass is 16.5. The number of carbonyl (C=O) groups excluding carboxylic acids is 2. The van der Waals surface area contributed by atoms with Crippen molar-refractivity contribution in [2.75, 3.05) is 20.1 Å². The number of nitrogens with zero attached hydrogens (tertiary/aromatic N) is 5. The van der Waals surface area contributed by atoms with E-state index in [-0.39, 0.29) is 24.3 Å². The molecule has 1 atom stereocenters. The van der Waals surface area contributed by atoms with Gasteiger partial charge in [0, 0.05) is 62.8 Å². The SMILES string of the molecule is Cc1ccc(-c2noc(C)c2COc2cc3c(cn2)CN(C(=O)C2CCC(=O)N(C)C2)CC3)cn1. The van der Waals surface area contributed by atoms with Gasteiger partial charge in [0.25, 0.3) is 0 Å². The van der Waals surface area contributed by atoms with Gasteiger partial charge in [-0.3, -0.25) is 14.6 Å². The van der Waals surface area contributed by atoms with E-state index in [0.717, 1.165) is 40.1 Å². The van der Waals surface area contributed by atoms with Crippen LogP contribution in [0.2, 0.25) is 0 Å². The molecule has 2 aliphatic rings. The lowest BCUT2D eigenvalue weighted by atomic mass is 9.94. The van der Waals surface area contributed by atoms with Gasteiger partial charge < -0.3 is 19.1 Å². The molecule has 0 aromatic carbocycles. The largest absolute Gasteiger partial charge is 0.473 e. The molecule has 0 spiro atoms. The average molecular weight is 476 g/mol. The molecule has 3 aromatic heterocycles. The highest BCUT2D eigenvalue weighted by molar-refractivity contribution is 5.84. The maximum Gasteiger partial charge on any atom is 0.227 e. The van der Waals surface area contributed by atoms with Gasteiger partial charge in [-0.15, -0.1) is 0 Å². The van der Waals surface area contributed by atoms with Crippen LogP contribution in [0.1, 0.15) is 41.0 Å². The van der Waals surface area contributed by atoms with Crippen LogP contribution in [-0.2, 0) is 29.2 Å². The predicted molar refractivity (Wildman–Crippen MR) is 127 cm³/mol. The Balaban J connectivity index is 1.24. The number of ether oxygens (including phenoxy) is 1. The Morgan fingerprint density at radius 2 is 2.03 bits per heavy atom. The molecule has 1 saturated heterocycles. The first-order valence-electron chi connectivity index (χ1n) is 11.9. The first-order chi connectivity index (χ1) is 16.9. The van der Waals surface area contributed by atoms with Crippen molar-refractivity contribution in [3.63, 3.8) is 0 Å². The molecule has 0 radical (unpaired) electrons. The third-order valence-electron chi connectivity index (χ3n) is 6.89. The van der Waals surface area contributed by atoms with Crippen molar-refractivity contribution in [2.24, 2.45) is 5.92 Å². The second-order valence-corrected chi connectivity index (χ2v) is 9.35. The first kappa shape index (κ1) is 23.0. The zero-order chi connectivity index (χ0) is 24.5. The van der Waals surface area contributed by atoms with E-state index in [9.17, 15) is 9.59 Å². The van der Waals surface area contributed by atoms with Gasteiger partial charge in [0.15, 0.2) is 0 Å². The van der Waals surface area contributed by atoms with Crippen LogP contribution in [0.5, 0.6) is 5.88 Å². The fourth-order valence-corrected chi connectivity index (χ4v) is 4.70. The fourth-order valence-electron chi connectivity index (χ4n) is 4.70. The van der Waals surface area contributed by atoms with Gasteiger partial charge in [-0.05, 0) is 49.9 Å². The minimum absolute atomic E-state index is 0.110. The summed E-state index contributed by atoms with van der Waals surface area (Å²) in [6.07, 6.45) is 5.39. The maximum atomic E-state index is 13.0. The number of hydrogen-bond acceptors (Lipinski definition) is 7. The number of aryl methyl sites for hydroxylation is 2. The number of likely N-dealkylation sites (tertiary alicyclic amines) is 1. The highest BCUT2D eigenvalue weighted by Gasteiger charge is 2.32. The highest BCUT2D eigenvalue weighted by Crippen LogP contribution is 2.28. The van der Waals surface area contributed by atoms with Crippen LogP contribution in [-0.4, -0.2) is 56.9 Å². The molecule has 182 valence electrons. The lowest BCUT2D eigenvalue weighted by Gasteiger charge is -2.35. The van der Waals surface area contributed by atoms with Gasteiger partial charge in [0.1, 0.15) is 18.1 Å². The zero-order valence-electron chi connectivity index (χ0n) is 20.3. The van der Waals surface area contributed by atoms with Gasteiger partial charge in [-0.2, -0.15) is 0 Å². The molecule has 1 unspecified atom stereocenters. The Labute approximate surface area is 204 Å². The van der Waals surface area contributed by atoms with Crippen LogP contribution in [0.4, 0.5) is 0 Å². The van der Waals surface area contributed by atoms with Crippen LogP contribution in [0.15, 0.2) is 35.1 Å². The number of rotatable bonds is 5. The van der Waals surface area contributed by atoms with Gasteiger partial charge >= 0.3 is 0 Å². The Hall–Kier alpha value is -3.75. The summed E-state index contributed by atoms with van der Waals surface area (Å²) in [4.78, 5) is 37.2. The molecular weight excluding hydrogens is 446 g/mol. The lowest BCUT2D eigenvalue weighted by molar-refractivity contribution is -0.142. The van der Waals surface area contributed by atoms with Gasteiger partial charge in [-0.1, -0.05) is 5.16 Å². The number of aromatic nitrogens is 3. The van der Waals surface area contributed by atoms with E-state index in [1.54, 1.807) is 24.3 Å². The van der Waals surface area contributed by atoms with Crippen molar-refractivity contribution >= 4 is 11.8 Å². The summed E-state index contributed by atoms with van der Waals surface area (Å²) in [5.74, 6) is 1.34. The summed E-state index contributed by atoms with van der Waals surface area (Å²) in [7, 11) is 1.76. The molecule has 3 aromatic rings. The molecule has 5 heterocycles. The van der Waals surface area contributed by atoms with E-state index in [4.69, 9.17) is 9.26 Å². The van der Waals surface area contributed by atoms with Crippen molar-refractivity contribution in [1.29, 1.82) is 0 Å². The third kappa shape index (κ3) is 4.76. The summed E-state index contributed by atoms with van der Waals surface area (Å²) in [5, 5.41) is 4.20. The van der Waals surface area contributed by atoms with Crippen molar-refractivity contribution < 1.29 is 18.8 Å². The molecule has 5 rings (SSSR count). The quantitative estimate of drug-likeness (QED) is 0.559. The Morgan fingerprint density at radius 3 is 2.80 bits per heavy atom. The van der Waals surface area contributed by atoms with Gasteiger partial charge in [0.2, 0.25) is 17.7 Å². The number of fused-ring (bicyclic) bond motifs is 1. The summed E-state index contributed by atoms with van der Waals surface area (Å²) in [5.41, 5.74) is 5.57. The van der Waals surface area contributed by atoms with Gasteiger partial charge in [0.05, 0.1) is 11.5 Å². The van der Waals surface area contributed by atoms with E-state index in [1.807, 2.05) is 36.9 Å². The van der Waals surface area contributed by atoms with E-state index in [0.29, 0.717) is 44.1 Å². The maximum absolute atomic E-state index is 13.0. The van der Waals surface area contributed by atoms with Crippen LogP contribution in [0.3, 0.4) is 0 Å². The van der Waals surface area contributed by atoms with Crippen LogP contribution in [0.25, 0.3) is 11.3 Å². The number of pyridine rings is 2. The van der Waals surface area contributed by atoms with Crippen LogP contribution < -0.4 is 4.74 Å². The number of piperidine rings is 1. The Morgan fingerprint density at radius 1 is 1.17 bits per heavy atom. The Kier molecular flexibility index (Phi) is 6.23. The first-order valence-corrected chi connectivity index (χ1v) is 11.9. The molecule has 0 aliphatic carbocycles. The van der Waals surface area contributed by atoms with E-state index < -0.39 is 0 Å². The number of carbonyl (C=O) groups is 2. The molecule has 0 bridgehead atoms. The summed E-state index contributed by atoms with van der Waals surface area (Å²) in [6.45, 7) is 5.76. The molecule has 2 aliphatic heterocycles. The number of amides is 2. The molecule has 35 heavy (non-hydrogen) atoms. The van der Waals surface area contributed by atoms with Crippen molar-refractivity contribution in [3.05, 3.63) is 58.7 Å². The minimum Gasteiger partial charge on any atom is -0.473 e. The summed E-state index contributed by atoms with van der Waals surface area (Å²) in [6, 6.07) is 5.87. The number of hydrogen-bond donors (Lipinski definition) is 0. The normalized spacial score (nSPS) is 17.9. The van der Waals surface area contributed by atoms with Crippen molar-refractivity contribution in [2.45, 2.75) is 46.3 Å². The van der Waals surface area contributed by atoms with E-state index in [2.05, 4.69) is 15.1 Å². The molecular formula is C26H29N5O4. The van der Waals surface area contributed by atoms with Crippen LogP contribution in [0, 0.1) is 19.8 Å². The standard InChI is InChI=1S/C26H29N5O4/c1-16-4-5-19(11-27-16)25-22(17(2)35-29-25)15-34-23-10-18-8-9-31(14-21(18)12-28-23)26(33)20-6-7-24(32)30(3)13-20/h4-5,10-12,20H,6-9,13-15H2,1-3H3. The molecule has 9 nitrogen and oxygen atoms in total. The molecule has 9 heteroatoms. The topological polar surface area (TPSA) is 102 Å². The fraction of sp³-hybridized carbons (Fsp3) is 0.423. The molecule has 0 saturated carbocycles. The summed E-state index contributed by atoms with van der Waals surface area (Å²) >= 11 is 0. The van der Waals surface area contributed by atoms with Crippen LogP contribution >= 0.6 is 0 Å². The third-order valence-corrected chi connectivity index (χ3v) is 6.89. The molecule has 1 fully saturated rings. The predicted octanol–water partition coefficient (Wildman–Crippen LogP) is 3.08. The molecule has 2 amide bonds. The van der Waals surface area contributed by atoms with Crippen molar-refractivity contribution in [3.8, 4) is 17.1 Å². The average Bonchev–Trinajstić information content (AvgIpc) is 3.24. The van der Waals surface area contributed by atoms with E-state index >= 15 is 0 Å². The minimum atomic E-state index is -0.125. The van der Waals surface area contributed by atoms with Crippen molar-refractivity contribution in [1.82, 2.24) is 24.9 Å². The summed E-state index contributed by atoms with van der Waals surface area (Å²) < 4.78 is 11.4.